The second kappa shape index (κ2) is 9.04. The molecule has 7 nitrogen and oxygen atoms in total. The molecular weight excluding hydrogens is 440 g/mol. The number of rotatable bonds is 6. The van der Waals surface area contributed by atoms with Crippen molar-refractivity contribution in [3.05, 3.63) is 69.7 Å². The van der Waals surface area contributed by atoms with E-state index >= 15 is 0 Å². The van der Waals surface area contributed by atoms with Gasteiger partial charge in [-0.2, -0.15) is 0 Å². The van der Waals surface area contributed by atoms with Crippen molar-refractivity contribution in [2.24, 2.45) is 0 Å². The normalized spacial score (nSPS) is 21.0. The maximum atomic E-state index is 12.4. The lowest BCUT2D eigenvalue weighted by atomic mass is 10.1. The Morgan fingerprint density at radius 1 is 1.03 bits per heavy atom. The highest BCUT2D eigenvalue weighted by atomic mass is 79.9. The summed E-state index contributed by atoms with van der Waals surface area (Å²) in [5, 5.41) is 35.6. The van der Waals surface area contributed by atoms with Crippen LogP contribution in [0.4, 0.5) is 0 Å². The van der Waals surface area contributed by atoms with Crippen molar-refractivity contribution in [1.82, 2.24) is 10.6 Å². The van der Waals surface area contributed by atoms with Crippen molar-refractivity contribution in [3.8, 4) is 0 Å². The summed E-state index contributed by atoms with van der Waals surface area (Å²) in [5.41, 5.74) is 2.46. The average Bonchev–Trinajstić information content (AvgIpc) is 3.02. The fraction of sp³-hybridized carbons (Fsp3) is 0.333. The van der Waals surface area contributed by atoms with Crippen molar-refractivity contribution < 1.29 is 24.9 Å². The van der Waals surface area contributed by atoms with E-state index < -0.39 is 42.2 Å². The number of benzene rings is 2. The first-order valence-electron chi connectivity index (χ1n) is 9.26. The summed E-state index contributed by atoms with van der Waals surface area (Å²) in [6, 6.07) is 13.4. The summed E-state index contributed by atoms with van der Waals surface area (Å²) in [5.74, 6) is -1.79. The highest BCUT2D eigenvalue weighted by Gasteiger charge is 2.36. The number of hydrogen-bond donors (Lipinski definition) is 5. The Hall–Kier alpha value is -2.26. The van der Waals surface area contributed by atoms with Crippen molar-refractivity contribution in [2.45, 2.75) is 43.7 Å². The van der Waals surface area contributed by atoms with Crippen LogP contribution in [0.5, 0.6) is 0 Å². The van der Waals surface area contributed by atoms with E-state index in [0.717, 1.165) is 21.2 Å². The first-order chi connectivity index (χ1) is 13.8. The zero-order chi connectivity index (χ0) is 21.1. The molecule has 2 aromatic rings. The van der Waals surface area contributed by atoms with Gasteiger partial charge in [-0.25, -0.2) is 0 Å². The fourth-order valence-electron chi connectivity index (χ4n) is 3.41. The lowest BCUT2D eigenvalue weighted by Crippen LogP contribution is -2.51. The van der Waals surface area contributed by atoms with Crippen LogP contribution < -0.4 is 10.6 Å². The number of amides is 2. The molecule has 0 aromatic heterocycles. The summed E-state index contributed by atoms with van der Waals surface area (Å²) in [6.45, 7) is 1.73. The number of carbonyl (C=O) groups excluding carboxylic acids is 2. The van der Waals surface area contributed by atoms with Gasteiger partial charge in [0, 0.05) is 10.9 Å². The second-order valence-electron chi connectivity index (χ2n) is 7.13. The maximum absolute atomic E-state index is 12.4. The Bertz CT molecular complexity index is 889. The highest BCUT2D eigenvalue weighted by molar-refractivity contribution is 9.10. The van der Waals surface area contributed by atoms with Gasteiger partial charge < -0.3 is 26.0 Å². The third kappa shape index (κ3) is 4.84. The van der Waals surface area contributed by atoms with Crippen molar-refractivity contribution in [2.75, 3.05) is 0 Å². The summed E-state index contributed by atoms with van der Waals surface area (Å²) < 4.78 is 0.891. The zero-order valence-corrected chi connectivity index (χ0v) is 17.3. The van der Waals surface area contributed by atoms with Crippen LogP contribution in [-0.4, -0.2) is 45.4 Å². The van der Waals surface area contributed by atoms with E-state index in [1.807, 2.05) is 36.4 Å². The van der Waals surface area contributed by atoms with Crippen LogP contribution in [0.1, 0.15) is 35.7 Å². The van der Waals surface area contributed by atoms with E-state index in [-0.39, 0.29) is 0 Å². The van der Waals surface area contributed by atoms with Gasteiger partial charge in [-0.15, -0.1) is 0 Å². The number of nitrogens with one attached hydrogen (secondary N) is 2. The van der Waals surface area contributed by atoms with Gasteiger partial charge in [-0.05, 0) is 35.7 Å². The minimum atomic E-state index is -1.97. The minimum Gasteiger partial charge on any atom is -0.390 e. The lowest BCUT2D eigenvalue weighted by molar-refractivity contribution is -0.147. The summed E-state index contributed by atoms with van der Waals surface area (Å²) in [6.07, 6.45) is -4.37. The van der Waals surface area contributed by atoms with Crippen LogP contribution in [0, 0.1) is 0 Å². The van der Waals surface area contributed by atoms with E-state index in [9.17, 15) is 24.9 Å². The standard InChI is InChI=1S/C21H23BrN2O5/c1-11(12-6-8-14(22)9-7-12)23-20(28)18(26)19(27)21(29)24-17-15-5-3-2-4-13(15)10-16(17)25/h2-9,11,16-19,25-27H,10H2,1H3,(H,23,28)(H,24,29)/t11-,16-,17?,18+,19+/m0/s1. The topological polar surface area (TPSA) is 119 Å². The lowest BCUT2D eigenvalue weighted by Gasteiger charge is -2.23. The molecule has 0 aliphatic heterocycles. The van der Waals surface area contributed by atoms with Crippen LogP contribution in [0.2, 0.25) is 0 Å². The minimum absolute atomic E-state index is 0.380. The van der Waals surface area contributed by atoms with Gasteiger partial charge >= 0.3 is 0 Å². The number of halogens is 1. The second-order valence-corrected chi connectivity index (χ2v) is 8.04. The smallest absolute Gasteiger partial charge is 0.252 e. The molecule has 29 heavy (non-hydrogen) atoms. The van der Waals surface area contributed by atoms with E-state index in [1.165, 1.54) is 0 Å². The van der Waals surface area contributed by atoms with E-state index in [4.69, 9.17) is 0 Å². The highest BCUT2D eigenvalue weighted by Crippen LogP contribution is 2.31. The predicted molar refractivity (Wildman–Crippen MR) is 110 cm³/mol. The molecule has 8 heteroatoms. The summed E-state index contributed by atoms with van der Waals surface area (Å²) in [4.78, 5) is 24.7. The molecule has 1 aliphatic carbocycles. The van der Waals surface area contributed by atoms with Crippen LogP contribution in [0.25, 0.3) is 0 Å². The van der Waals surface area contributed by atoms with Crippen LogP contribution in [-0.2, 0) is 16.0 Å². The van der Waals surface area contributed by atoms with Crippen LogP contribution >= 0.6 is 15.9 Å². The molecule has 5 atom stereocenters. The Kier molecular flexibility index (Phi) is 6.69. The molecule has 0 bridgehead atoms. The van der Waals surface area contributed by atoms with Gasteiger partial charge in [-0.3, -0.25) is 9.59 Å². The van der Waals surface area contributed by atoms with E-state index in [2.05, 4.69) is 26.6 Å². The quantitative estimate of drug-likeness (QED) is 0.440. The molecule has 5 N–H and O–H groups in total. The van der Waals surface area contributed by atoms with Gasteiger partial charge in [0.15, 0.2) is 12.2 Å². The number of aliphatic hydroxyl groups is 3. The Morgan fingerprint density at radius 3 is 2.34 bits per heavy atom. The molecule has 0 fully saturated rings. The van der Waals surface area contributed by atoms with Crippen LogP contribution in [0.15, 0.2) is 53.0 Å². The van der Waals surface area contributed by atoms with Gasteiger partial charge in [0.25, 0.3) is 11.8 Å². The molecule has 0 spiro atoms. The Balaban J connectivity index is 1.60. The SMILES string of the molecule is C[C@H](NC(=O)[C@H](O)[C@@H](O)C(=O)NC1c2ccccc2C[C@@H]1O)c1ccc(Br)cc1. The molecule has 0 radical (unpaired) electrons. The third-order valence-electron chi connectivity index (χ3n) is 5.07. The van der Waals surface area contributed by atoms with Crippen molar-refractivity contribution in [3.63, 3.8) is 0 Å². The molecule has 2 aromatic carbocycles. The predicted octanol–water partition coefficient (Wildman–Crippen LogP) is 1.12. The molecule has 2 amide bonds. The maximum Gasteiger partial charge on any atom is 0.252 e. The van der Waals surface area contributed by atoms with E-state index in [0.29, 0.717) is 6.42 Å². The molecular formula is C21H23BrN2O5. The third-order valence-corrected chi connectivity index (χ3v) is 5.60. The molecule has 1 unspecified atom stereocenters. The van der Waals surface area contributed by atoms with Gasteiger partial charge in [-0.1, -0.05) is 52.3 Å². The zero-order valence-electron chi connectivity index (χ0n) is 15.7. The first-order valence-corrected chi connectivity index (χ1v) is 10.1. The molecule has 0 heterocycles. The number of hydrogen-bond acceptors (Lipinski definition) is 5. The Morgan fingerprint density at radius 2 is 1.66 bits per heavy atom. The summed E-state index contributed by atoms with van der Waals surface area (Å²) >= 11 is 3.33. The van der Waals surface area contributed by atoms with Gasteiger partial charge in [0.2, 0.25) is 0 Å². The Labute approximate surface area is 176 Å². The number of aliphatic hydroxyl groups excluding tert-OH is 3. The average molecular weight is 463 g/mol. The first kappa shape index (κ1) is 21.4. The number of carbonyl (C=O) groups is 2. The fourth-order valence-corrected chi connectivity index (χ4v) is 3.67. The van der Waals surface area contributed by atoms with E-state index in [1.54, 1.807) is 19.1 Å². The molecule has 0 saturated carbocycles. The van der Waals surface area contributed by atoms with Crippen molar-refractivity contribution >= 4 is 27.7 Å². The number of fused-ring (bicyclic) bond motifs is 1. The van der Waals surface area contributed by atoms with Gasteiger partial charge in [0.1, 0.15) is 0 Å². The molecule has 1 aliphatic rings. The van der Waals surface area contributed by atoms with Gasteiger partial charge in [0.05, 0.1) is 18.2 Å². The molecule has 154 valence electrons. The van der Waals surface area contributed by atoms with Crippen LogP contribution in [0.3, 0.4) is 0 Å². The monoisotopic (exact) mass is 462 g/mol. The largest absolute Gasteiger partial charge is 0.390 e. The van der Waals surface area contributed by atoms with Crippen molar-refractivity contribution in [1.29, 1.82) is 0 Å². The molecule has 3 rings (SSSR count). The summed E-state index contributed by atoms with van der Waals surface area (Å²) in [7, 11) is 0. The molecule has 0 saturated heterocycles.